The quantitative estimate of drug-likeness (QED) is 0.731. The van der Waals surface area contributed by atoms with Crippen LogP contribution in [0.5, 0.6) is 5.75 Å². The Bertz CT molecular complexity index is 594. The molecule has 2 rings (SSSR count). The summed E-state index contributed by atoms with van der Waals surface area (Å²) in [6.45, 7) is 6.36. The zero-order valence-electron chi connectivity index (χ0n) is 14.5. The first kappa shape index (κ1) is 20.3. The van der Waals surface area contributed by atoms with Gasteiger partial charge in [0.25, 0.3) is 5.91 Å². The lowest BCUT2D eigenvalue weighted by molar-refractivity contribution is -0.125. The molecule has 0 aromatic heterocycles. The van der Waals surface area contributed by atoms with E-state index in [-0.39, 0.29) is 36.2 Å². The Kier molecular flexibility index (Phi) is 7.51. The average molecular weight is 356 g/mol. The third-order valence-electron chi connectivity index (χ3n) is 4.01. The zero-order valence-corrected chi connectivity index (χ0v) is 15.3. The van der Waals surface area contributed by atoms with E-state index in [1.165, 1.54) is 0 Å². The molecule has 134 valence electrons. The number of hydrogen-bond donors (Lipinski definition) is 3. The Hall–Kier alpha value is -1.79. The second kappa shape index (κ2) is 8.89. The van der Waals surface area contributed by atoms with E-state index in [2.05, 4.69) is 16.0 Å². The molecule has 3 atom stereocenters. The second-order valence-corrected chi connectivity index (χ2v) is 5.95. The summed E-state index contributed by atoms with van der Waals surface area (Å²) in [5.74, 6) is 0.443. The summed E-state index contributed by atoms with van der Waals surface area (Å²) in [5, 5.41) is 8.84. The summed E-state index contributed by atoms with van der Waals surface area (Å²) in [6, 6.07) is 5.45. The maximum atomic E-state index is 12.1. The number of halogens is 1. The number of amides is 2. The molecule has 7 heteroatoms. The van der Waals surface area contributed by atoms with E-state index < -0.39 is 6.10 Å². The highest BCUT2D eigenvalue weighted by atomic mass is 35.5. The fraction of sp³-hybridized carbons (Fsp3) is 0.529. The van der Waals surface area contributed by atoms with Crippen LogP contribution in [0, 0.1) is 5.92 Å². The lowest BCUT2D eigenvalue weighted by Crippen LogP contribution is -2.37. The molecule has 0 saturated carbocycles. The molecule has 0 spiro atoms. The SMILES string of the molecule is CCC1Oc2cc(C(C)NC(=O)C(C)CNC)ccc2NC1=O.Cl. The number of carbonyl (C=O) groups is 2. The molecule has 0 radical (unpaired) electrons. The van der Waals surface area contributed by atoms with Gasteiger partial charge in [-0.05, 0) is 38.1 Å². The first-order chi connectivity index (χ1) is 11.0. The lowest BCUT2D eigenvalue weighted by Gasteiger charge is -2.26. The van der Waals surface area contributed by atoms with Crippen molar-refractivity contribution in [2.75, 3.05) is 18.9 Å². The number of carbonyl (C=O) groups excluding carboxylic acids is 2. The molecule has 1 heterocycles. The molecule has 2 amide bonds. The van der Waals surface area contributed by atoms with Gasteiger partial charge >= 0.3 is 0 Å². The van der Waals surface area contributed by atoms with Crippen molar-refractivity contribution in [3.05, 3.63) is 23.8 Å². The summed E-state index contributed by atoms with van der Waals surface area (Å²) >= 11 is 0. The van der Waals surface area contributed by atoms with Crippen LogP contribution in [0.25, 0.3) is 0 Å². The minimum Gasteiger partial charge on any atom is -0.478 e. The summed E-state index contributed by atoms with van der Waals surface area (Å²) in [7, 11) is 1.83. The van der Waals surface area contributed by atoms with E-state index in [1.54, 1.807) is 0 Å². The molecule has 0 saturated heterocycles. The van der Waals surface area contributed by atoms with Crippen LogP contribution in [0.15, 0.2) is 18.2 Å². The fourth-order valence-corrected chi connectivity index (χ4v) is 2.54. The molecule has 0 aliphatic carbocycles. The van der Waals surface area contributed by atoms with Crippen LogP contribution in [0.2, 0.25) is 0 Å². The van der Waals surface area contributed by atoms with Gasteiger partial charge in [0.05, 0.1) is 11.7 Å². The summed E-state index contributed by atoms with van der Waals surface area (Å²) in [5.41, 5.74) is 1.62. The minimum atomic E-state index is -0.460. The fourth-order valence-electron chi connectivity index (χ4n) is 2.54. The van der Waals surface area contributed by atoms with Crippen LogP contribution in [-0.2, 0) is 9.59 Å². The largest absolute Gasteiger partial charge is 0.478 e. The molecule has 6 nitrogen and oxygen atoms in total. The highest BCUT2D eigenvalue weighted by Gasteiger charge is 2.26. The van der Waals surface area contributed by atoms with Gasteiger partial charge in [0.1, 0.15) is 5.75 Å². The van der Waals surface area contributed by atoms with Gasteiger partial charge < -0.3 is 20.7 Å². The van der Waals surface area contributed by atoms with Gasteiger partial charge in [-0.1, -0.05) is 19.9 Å². The van der Waals surface area contributed by atoms with Crippen LogP contribution in [0.4, 0.5) is 5.69 Å². The highest BCUT2D eigenvalue weighted by molar-refractivity contribution is 5.97. The van der Waals surface area contributed by atoms with E-state index >= 15 is 0 Å². The third kappa shape index (κ3) is 4.61. The number of nitrogens with one attached hydrogen (secondary N) is 3. The van der Waals surface area contributed by atoms with Crippen molar-refractivity contribution in [2.24, 2.45) is 5.92 Å². The predicted molar refractivity (Wildman–Crippen MR) is 96.7 cm³/mol. The van der Waals surface area contributed by atoms with Crippen molar-refractivity contribution in [1.82, 2.24) is 10.6 Å². The number of rotatable bonds is 6. The average Bonchev–Trinajstić information content (AvgIpc) is 2.53. The van der Waals surface area contributed by atoms with E-state index in [0.29, 0.717) is 24.4 Å². The lowest BCUT2D eigenvalue weighted by atomic mass is 10.0. The minimum absolute atomic E-state index is 0. The molecule has 1 aliphatic rings. The Balaban J connectivity index is 0.00000288. The molecule has 1 aromatic carbocycles. The monoisotopic (exact) mass is 355 g/mol. The maximum absolute atomic E-state index is 12.1. The van der Waals surface area contributed by atoms with Crippen molar-refractivity contribution in [1.29, 1.82) is 0 Å². The van der Waals surface area contributed by atoms with Gasteiger partial charge in [-0.2, -0.15) is 0 Å². The Morgan fingerprint density at radius 3 is 2.71 bits per heavy atom. The normalized spacial score (nSPS) is 18.3. The third-order valence-corrected chi connectivity index (χ3v) is 4.01. The molecule has 24 heavy (non-hydrogen) atoms. The van der Waals surface area contributed by atoms with Crippen LogP contribution in [0.1, 0.15) is 38.8 Å². The van der Waals surface area contributed by atoms with Crippen molar-refractivity contribution in [2.45, 2.75) is 39.3 Å². The Labute approximate surface area is 149 Å². The Morgan fingerprint density at radius 1 is 1.38 bits per heavy atom. The predicted octanol–water partition coefficient (Wildman–Crippen LogP) is 2.25. The molecule has 0 fully saturated rings. The van der Waals surface area contributed by atoms with Crippen LogP contribution >= 0.6 is 12.4 Å². The number of ether oxygens (including phenoxy) is 1. The summed E-state index contributed by atoms with van der Waals surface area (Å²) < 4.78 is 5.74. The van der Waals surface area contributed by atoms with Crippen molar-refractivity contribution >= 4 is 29.9 Å². The van der Waals surface area contributed by atoms with E-state index in [4.69, 9.17) is 4.74 Å². The number of fused-ring (bicyclic) bond motifs is 1. The van der Waals surface area contributed by atoms with E-state index in [1.807, 2.05) is 46.0 Å². The van der Waals surface area contributed by atoms with Gasteiger partial charge in [0.15, 0.2) is 6.10 Å². The number of hydrogen-bond acceptors (Lipinski definition) is 4. The molecule has 1 aromatic rings. The van der Waals surface area contributed by atoms with Gasteiger partial charge in [-0.15, -0.1) is 12.4 Å². The summed E-state index contributed by atoms with van der Waals surface area (Å²) in [4.78, 5) is 23.9. The van der Waals surface area contributed by atoms with Crippen LogP contribution in [-0.4, -0.2) is 31.5 Å². The van der Waals surface area contributed by atoms with Crippen LogP contribution in [0.3, 0.4) is 0 Å². The number of anilines is 1. The van der Waals surface area contributed by atoms with Gasteiger partial charge in [-0.25, -0.2) is 0 Å². The smallest absolute Gasteiger partial charge is 0.265 e. The molecular formula is C17H26ClN3O3. The molecule has 0 bridgehead atoms. The van der Waals surface area contributed by atoms with Crippen molar-refractivity contribution < 1.29 is 14.3 Å². The molecule has 3 unspecified atom stereocenters. The molecular weight excluding hydrogens is 330 g/mol. The van der Waals surface area contributed by atoms with Crippen molar-refractivity contribution in [3.63, 3.8) is 0 Å². The second-order valence-electron chi connectivity index (χ2n) is 5.95. The maximum Gasteiger partial charge on any atom is 0.265 e. The highest BCUT2D eigenvalue weighted by Crippen LogP contribution is 2.33. The van der Waals surface area contributed by atoms with E-state index in [0.717, 1.165) is 5.56 Å². The van der Waals surface area contributed by atoms with Gasteiger partial charge in [0, 0.05) is 12.5 Å². The topological polar surface area (TPSA) is 79.5 Å². The first-order valence-corrected chi connectivity index (χ1v) is 8.02. The van der Waals surface area contributed by atoms with Crippen LogP contribution < -0.4 is 20.7 Å². The summed E-state index contributed by atoms with van der Waals surface area (Å²) in [6.07, 6.45) is 0.154. The van der Waals surface area contributed by atoms with E-state index in [9.17, 15) is 9.59 Å². The molecule has 1 aliphatic heterocycles. The van der Waals surface area contributed by atoms with Gasteiger partial charge in [0.2, 0.25) is 5.91 Å². The molecule has 3 N–H and O–H groups in total. The standard InChI is InChI=1S/C17H25N3O3.ClH/c1-5-14-17(22)20-13-7-6-12(8-15(13)23-14)11(3)19-16(21)10(2)9-18-4;/h6-8,10-11,14,18H,5,9H2,1-4H3,(H,19,21)(H,20,22);1H. The first-order valence-electron chi connectivity index (χ1n) is 8.02. The zero-order chi connectivity index (χ0) is 17.0. The number of benzene rings is 1. The van der Waals surface area contributed by atoms with Crippen molar-refractivity contribution in [3.8, 4) is 5.75 Å². The Morgan fingerprint density at radius 2 is 2.08 bits per heavy atom. The van der Waals surface area contributed by atoms with Gasteiger partial charge in [-0.3, -0.25) is 9.59 Å².